The van der Waals surface area contributed by atoms with E-state index in [1.54, 1.807) is 7.11 Å². The molecule has 1 fully saturated rings. The monoisotopic (exact) mass is 325 g/mol. The highest BCUT2D eigenvalue weighted by Gasteiger charge is 2.41. The molecular formula is C15H20BrNO2. The lowest BCUT2D eigenvalue weighted by molar-refractivity contribution is -0.120. The number of hydrogen-bond acceptors (Lipinski definition) is 2. The Balaban J connectivity index is 1.81. The molecule has 0 heterocycles. The van der Waals surface area contributed by atoms with E-state index < -0.39 is 0 Å². The molecule has 0 spiro atoms. The Labute approximate surface area is 122 Å². The van der Waals surface area contributed by atoms with E-state index in [0.717, 1.165) is 29.6 Å². The molecule has 1 N–H and O–H groups in total. The molecule has 0 saturated heterocycles. The molecule has 0 atom stereocenters. The molecule has 1 aromatic carbocycles. The average Bonchev–Trinajstić information content (AvgIpc) is 3.17. The maximum absolute atomic E-state index is 11.9. The van der Waals surface area contributed by atoms with E-state index in [-0.39, 0.29) is 5.91 Å². The first kappa shape index (κ1) is 14.4. The Kier molecular flexibility index (Phi) is 4.86. The van der Waals surface area contributed by atoms with Gasteiger partial charge in [-0.25, -0.2) is 0 Å². The molecule has 1 aromatic rings. The van der Waals surface area contributed by atoms with Gasteiger partial charge >= 0.3 is 0 Å². The summed E-state index contributed by atoms with van der Waals surface area (Å²) < 4.78 is 5.16. The Morgan fingerprint density at radius 1 is 1.47 bits per heavy atom. The van der Waals surface area contributed by atoms with Gasteiger partial charge in [-0.15, -0.1) is 0 Å². The predicted octanol–water partition coefficient (Wildman–Crippen LogP) is 2.92. The van der Waals surface area contributed by atoms with Crippen LogP contribution in [0.4, 0.5) is 0 Å². The number of carbonyl (C=O) groups is 1. The van der Waals surface area contributed by atoms with E-state index in [4.69, 9.17) is 4.74 Å². The Morgan fingerprint density at radius 3 is 2.89 bits per heavy atom. The van der Waals surface area contributed by atoms with Crippen LogP contribution in [0.5, 0.6) is 5.75 Å². The van der Waals surface area contributed by atoms with Crippen molar-refractivity contribution in [2.45, 2.75) is 25.7 Å². The van der Waals surface area contributed by atoms with Crippen LogP contribution in [0, 0.1) is 5.41 Å². The third-order valence-corrected chi connectivity index (χ3v) is 4.14. The summed E-state index contributed by atoms with van der Waals surface area (Å²) in [5, 5.41) is 4.07. The van der Waals surface area contributed by atoms with Crippen molar-refractivity contribution in [2.75, 3.05) is 19.0 Å². The first-order valence-electron chi connectivity index (χ1n) is 6.63. The van der Waals surface area contributed by atoms with Gasteiger partial charge in [-0.2, -0.15) is 0 Å². The van der Waals surface area contributed by atoms with Crippen molar-refractivity contribution in [1.29, 1.82) is 0 Å². The van der Waals surface area contributed by atoms with Crippen LogP contribution in [0.25, 0.3) is 0 Å². The molecule has 1 aliphatic carbocycles. The second-order valence-electron chi connectivity index (χ2n) is 5.24. The van der Waals surface area contributed by atoms with E-state index in [9.17, 15) is 4.79 Å². The van der Waals surface area contributed by atoms with Gasteiger partial charge < -0.3 is 10.1 Å². The van der Waals surface area contributed by atoms with Crippen LogP contribution in [0.1, 0.15) is 24.8 Å². The SMILES string of the molecule is COc1cccc(CC(=O)NCC2(CCBr)CC2)c1. The fourth-order valence-corrected chi connectivity index (χ4v) is 3.05. The van der Waals surface area contributed by atoms with Crippen LogP contribution in [0.15, 0.2) is 24.3 Å². The second kappa shape index (κ2) is 6.42. The lowest BCUT2D eigenvalue weighted by Crippen LogP contribution is -2.31. The first-order chi connectivity index (χ1) is 9.17. The third-order valence-electron chi connectivity index (χ3n) is 3.74. The zero-order valence-electron chi connectivity index (χ0n) is 11.2. The number of nitrogens with one attached hydrogen (secondary N) is 1. The fraction of sp³-hybridized carbons (Fsp3) is 0.533. The summed E-state index contributed by atoms with van der Waals surface area (Å²) in [5.41, 5.74) is 1.36. The van der Waals surface area contributed by atoms with Gasteiger partial charge in [-0.05, 0) is 42.4 Å². The quantitative estimate of drug-likeness (QED) is 0.783. The van der Waals surface area contributed by atoms with E-state index in [2.05, 4.69) is 21.2 Å². The van der Waals surface area contributed by atoms with Crippen LogP contribution in [-0.2, 0) is 11.2 Å². The molecule has 2 rings (SSSR count). The maximum Gasteiger partial charge on any atom is 0.224 e. The van der Waals surface area contributed by atoms with Crippen molar-refractivity contribution in [3.05, 3.63) is 29.8 Å². The molecule has 0 bridgehead atoms. The lowest BCUT2D eigenvalue weighted by Gasteiger charge is -2.14. The molecule has 1 saturated carbocycles. The predicted molar refractivity (Wildman–Crippen MR) is 79.8 cm³/mol. The maximum atomic E-state index is 11.9. The second-order valence-corrected chi connectivity index (χ2v) is 6.04. The van der Waals surface area contributed by atoms with Crippen LogP contribution < -0.4 is 10.1 Å². The van der Waals surface area contributed by atoms with Crippen molar-refractivity contribution >= 4 is 21.8 Å². The molecular weight excluding hydrogens is 306 g/mol. The van der Waals surface area contributed by atoms with Gasteiger partial charge in [0.2, 0.25) is 5.91 Å². The van der Waals surface area contributed by atoms with E-state index in [1.165, 1.54) is 12.8 Å². The zero-order chi connectivity index (χ0) is 13.7. The minimum absolute atomic E-state index is 0.0918. The minimum Gasteiger partial charge on any atom is -0.497 e. The summed E-state index contributed by atoms with van der Waals surface area (Å²) in [6.07, 6.45) is 4.03. The summed E-state index contributed by atoms with van der Waals surface area (Å²) >= 11 is 3.48. The number of rotatable bonds is 7. The summed E-state index contributed by atoms with van der Waals surface area (Å²) in [5.74, 6) is 0.886. The average molecular weight is 326 g/mol. The van der Waals surface area contributed by atoms with Gasteiger partial charge in [0.1, 0.15) is 5.75 Å². The number of methoxy groups -OCH3 is 1. The Hall–Kier alpha value is -1.03. The van der Waals surface area contributed by atoms with Gasteiger partial charge in [0.25, 0.3) is 0 Å². The molecule has 0 unspecified atom stereocenters. The topological polar surface area (TPSA) is 38.3 Å². The molecule has 4 heteroatoms. The molecule has 1 amide bonds. The van der Waals surface area contributed by atoms with E-state index in [1.807, 2.05) is 24.3 Å². The van der Waals surface area contributed by atoms with Gasteiger partial charge in [0, 0.05) is 11.9 Å². The minimum atomic E-state index is 0.0918. The van der Waals surface area contributed by atoms with Crippen molar-refractivity contribution in [1.82, 2.24) is 5.32 Å². The fourth-order valence-electron chi connectivity index (χ4n) is 2.21. The van der Waals surface area contributed by atoms with Crippen molar-refractivity contribution in [3.63, 3.8) is 0 Å². The molecule has 104 valence electrons. The largest absolute Gasteiger partial charge is 0.497 e. The summed E-state index contributed by atoms with van der Waals surface area (Å²) in [4.78, 5) is 11.9. The number of amides is 1. The molecule has 1 aliphatic rings. The van der Waals surface area contributed by atoms with Crippen molar-refractivity contribution in [3.8, 4) is 5.75 Å². The number of ether oxygens (including phenoxy) is 1. The molecule has 19 heavy (non-hydrogen) atoms. The standard InChI is InChI=1S/C15H20BrNO2/c1-19-13-4-2-3-12(9-13)10-14(18)17-11-15(5-6-15)7-8-16/h2-4,9H,5-8,10-11H2,1H3,(H,17,18). The van der Waals surface area contributed by atoms with Gasteiger partial charge in [0.15, 0.2) is 0 Å². The van der Waals surface area contributed by atoms with Gasteiger partial charge in [-0.1, -0.05) is 28.1 Å². The van der Waals surface area contributed by atoms with Gasteiger partial charge in [0.05, 0.1) is 13.5 Å². The molecule has 0 aliphatic heterocycles. The summed E-state index contributed by atoms with van der Waals surface area (Å²) in [7, 11) is 1.64. The first-order valence-corrected chi connectivity index (χ1v) is 7.75. The molecule has 0 radical (unpaired) electrons. The third kappa shape index (κ3) is 4.23. The van der Waals surface area contributed by atoms with Crippen molar-refractivity contribution < 1.29 is 9.53 Å². The molecule has 3 nitrogen and oxygen atoms in total. The van der Waals surface area contributed by atoms with E-state index >= 15 is 0 Å². The zero-order valence-corrected chi connectivity index (χ0v) is 12.8. The van der Waals surface area contributed by atoms with Crippen molar-refractivity contribution in [2.24, 2.45) is 5.41 Å². The Bertz CT molecular complexity index is 444. The Morgan fingerprint density at radius 2 is 2.26 bits per heavy atom. The van der Waals surface area contributed by atoms with Crippen LogP contribution in [0.2, 0.25) is 0 Å². The normalized spacial score (nSPS) is 15.9. The van der Waals surface area contributed by atoms with Crippen LogP contribution >= 0.6 is 15.9 Å². The number of benzene rings is 1. The highest BCUT2D eigenvalue weighted by Crippen LogP contribution is 2.48. The summed E-state index contributed by atoms with van der Waals surface area (Å²) in [6, 6.07) is 7.66. The number of hydrogen-bond donors (Lipinski definition) is 1. The lowest BCUT2D eigenvalue weighted by atomic mass is 10.0. The summed E-state index contributed by atoms with van der Waals surface area (Å²) in [6.45, 7) is 0.807. The molecule has 0 aromatic heterocycles. The highest BCUT2D eigenvalue weighted by molar-refractivity contribution is 9.09. The highest BCUT2D eigenvalue weighted by atomic mass is 79.9. The smallest absolute Gasteiger partial charge is 0.224 e. The van der Waals surface area contributed by atoms with Crippen LogP contribution in [0.3, 0.4) is 0 Å². The van der Waals surface area contributed by atoms with E-state index in [0.29, 0.717) is 11.8 Å². The number of carbonyl (C=O) groups excluding carboxylic acids is 1. The van der Waals surface area contributed by atoms with Crippen LogP contribution in [-0.4, -0.2) is 24.9 Å². The number of alkyl halides is 1. The number of halogens is 1. The van der Waals surface area contributed by atoms with Gasteiger partial charge in [-0.3, -0.25) is 4.79 Å².